The zero-order chi connectivity index (χ0) is 7.68. The van der Waals surface area contributed by atoms with Gasteiger partial charge in [-0.15, -0.1) is 0 Å². The number of carbonyl (C=O) groups is 1. The lowest BCUT2D eigenvalue weighted by Gasteiger charge is -2.19. The first-order chi connectivity index (χ1) is 5.36. The molecule has 2 nitrogen and oxygen atoms in total. The highest BCUT2D eigenvalue weighted by Crippen LogP contribution is 2.26. The van der Waals surface area contributed by atoms with Gasteiger partial charge in [-0.1, -0.05) is 0 Å². The highest BCUT2D eigenvalue weighted by atomic mass is 16.2. The standard InChI is InChI=1S/C9H15NO/c11-9-4-3-8-2-1-6-10(9)7-5-8/h8H,1-7H2. The van der Waals surface area contributed by atoms with Gasteiger partial charge in [0.2, 0.25) is 5.91 Å². The Morgan fingerprint density at radius 1 is 1.18 bits per heavy atom. The summed E-state index contributed by atoms with van der Waals surface area (Å²) in [6, 6.07) is 0. The Morgan fingerprint density at radius 3 is 3.00 bits per heavy atom. The molecule has 11 heavy (non-hydrogen) atoms. The van der Waals surface area contributed by atoms with Gasteiger partial charge >= 0.3 is 0 Å². The molecule has 0 aliphatic carbocycles. The van der Waals surface area contributed by atoms with Crippen LogP contribution < -0.4 is 0 Å². The lowest BCUT2D eigenvalue weighted by atomic mass is 9.95. The minimum Gasteiger partial charge on any atom is -0.343 e. The van der Waals surface area contributed by atoms with Crippen LogP contribution >= 0.6 is 0 Å². The molecule has 0 N–H and O–H groups in total. The van der Waals surface area contributed by atoms with Gasteiger partial charge in [0.05, 0.1) is 0 Å². The Balaban J connectivity index is 2.11. The average molecular weight is 153 g/mol. The molecule has 2 heteroatoms. The summed E-state index contributed by atoms with van der Waals surface area (Å²) >= 11 is 0. The number of hydrogen-bond donors (Lipinski definition) is 0. The van der Waals surface area contributed by atoms with Crippen molar-refractivity contribution in [2.45, 2.75) is 32.1 Å². The normalized spacial score (nSPS) is 31.8. The molecule has 0 spiro atoms. The van der Waals surface area contributed by atoms with E-state index in [1.807, 2.05) is 4.90 Å². The van der Waals surface area contributed by atoms with Crippen molar-refractivity contribution in [2.24, 2.45) is 5.92 Å². The first-order valence-corrected chi connectivity index (χ1v) is 4.64. The maximum atomic E-state index is 11.4. The lowest BCUT2D eigenvalue weighted by Crippen LogP contribution is -2.30. The Kier molecular flexibility index (Phi) is 1.84. The maximum Gasteiger partial charge on any atom is 0.222 e. The maximum absolute atomic E-state index is 11.4. The van der Waals surface area contributed by atoms with Gasteiger partial charge in [-0.25, -0.2) is 0 Å². The smallest absolute Gasteiger partial charge is 0.222 e. The van der Waals surface area contributed by atoms with Crippen LogP contribution in [0, 0.1) is 5.92 Å². The van der Waals surface area contributed by atoms with Crippen molar-refractivity contribution < 1.29 is 4.79 Å². The highest BCUT2D eigenvalue weighted by Gasteiger charge is 2.25. The second-order valence-corrected chi connectivity index (χ2v) is 3.72. The van der Waals surface area contributed by atoms with Crippen molar-refractivity contribution in [3.8, 4) is 0 Å². The molecule has 2 aliphatic rings. The van der Waals surface area contributed by atoms with Gasteiger partial charge < -0.3 is 4.90 Å². The van der Waals surface area contributed by atoms with E-state index in [9.17, 15) is 4.79 Å². The molecule has 2 aliphatic heterocycles. The van der Waals surface area contributed by atoms with Crippen molar-refractivity contribution in [3.63, 3.8) is 0 Å². The number of amides is 1. The molecular formula is C9H15NO. The Hall–Kier alpha value is -0.530. The number of carbonyl (C=O) groups excluding carboxylic acids is 1. The molecule has 2 heterocycles. The van der Waals surface area contributed by atoms with Crippen LogP contribution in [0.3, 0.4) is 0 Å². The highest BCUT2D eigenvalue weighted by molar-refractivity contribution is 5.76. The van der Waals surface area contributed by atoms with Gasteiger partial charge in [0.15, 0.2) is 0 Å². The van der Waals surface area contributed by atoms with Crippen molar-refractivity contribution in [1.29, 1.82) is 0 Å². The van der Waals surface area contributed by atoms with Gasteiger partial charge in [-0.3, -0.25) is 4.79 Å². The number of fused-ring (bicyclic) bond motifs is 3. The van der Waals surface area contributed by atoms with E-state index in [0.29, 0.717) is 5.91 Å². The van der Waals surface area contributed by atoms with E-state index >= 15 is 0 Å². The van der Waals surface area contributed by atoms with Crippen molar-refractivity contribution >= 4 is 5.91 Å². The minimum absolute atomic E-state index is 0.396. The molecule has 0 radical (unpaired) electrons. The predicted molar refractivity (Wildman–Crippen MR) is 43.2 cm³/mol. The van der Waals surface area contributed by atoms with Crippen LogP contribution in [0.1, 0.15) is 32.1 Å². The van der Waals surface area contributed by atoms with Crippen molar-refractivity contribution in [3.05, 3.63) is 0 Å². The molecule has 2 saturated heterocycles. The fourth-order valence-corrected chi connectivity index (χ4v) is 2.19. The minimum atomic E-state index is 0.396. The van der Waals surface area contributed by atoms with Gasteiger partial charge in [0.1, 0.15) is 0 Å². The zero-order valence-corrected chi connectivity index (χ0v) is 6.88. The summed E-state index contributed by atoms with van der Waals surface area (Å²) < 4.78 is 0. The van der Waals surface area contributed by atoms with Crippen LogP contribution in [0.4, 0.5) is 0 Å². The predicted octanol–water partition coefficient (Wildman–Crippen LogP) is 1.41. The van der Waals surface area contributed by atoms with Crippen LogP contribution in [0.5, 0.6) is 0 Å². The second kappa shape index (κ2) is 2.84. The first-order valence-electron chi connectivity index (χ1n) is 4.64. The van der Waals surface area contributed by atoms with E-state index in [-0.39, 0.29) is 0 Å². The van der Waals surface area contributed by atoms with Crippen LogP contribution in [0.2, 0.25) is 0 Å². The molecule has 0 aromatic rings. The van der Waals surface area contributed by atoms with E-state index in [1.54, 1.807) is 0 Å². The summed E-state index contributed by atoms with van der Waals surface area (Å²) in [4.78, 5) is 13.4. The van der Waals surface area contributed by atoms with Gasteiger partial charge in [-0.2, -0.15) is 0 Å². The number of rotatable bonds is 0. The topological polar surface area (TPSA) is 20.3 Å². The van der Waals surface area contributed by atoms with E-state index in [2.05, 4.69) is 0 Å². The Bertz CT molecular complexity index is 167. The third kappa shape index (κ3) is 1.39. The molecule has 0 saturated carbocycles. The van der Waals surface area contributed by atoms with Gasteiger partial charge in [0.25, 0.3) is 0 Å². The molecule has 0 aromatic heterocycles. The Labute approximate surface area is 67.6 Å². The van der Waals surface area contributed by atoms with E-state index in [0.717, 1.165) is 31.8 Å². The molecule has 1 amide bonds. The van der Waals surface area contributed by atoms with Gasteiger partial charge in [0, 0.05) is 19.5 Å². The molecular weight excluding hydrogens is 138 g/mol. The molecule has 1 atom stereocenters. The summed E-state index contributed by atoms with van der Waals surface area (Å²) in [5.74, 6) is 1.25. The van der Waals surface area contributed by atoms with E-state index in [1.165, 1.54) is 19.3 Å². The molecule has 2 rings (SSSR count). The third-order valence-corrected chi connectivity index (χ3v) is 2.97. The van der Waals surface area contributed by atoms with Crippen molar-refractivity contribution in [1.82, 2.24) is 4.90 Å². The van der Waals surface area contributed by atoms with Gasteiger partial charge in [-0.05, 0) is 31.6 Å². The van der Waals surface area contributed by atoms with Crippen LogP contribution in [-0.2, 0) is 4.79 Å². The third-order valence-electron chi connectivity index (χ3n) is 2.97. The quantitative estimate of drug-likeness (QED) is 0.515. The summed E-state index contributed by atoms with van der Waals surface area (Å²) in [6.07, 6.45) is 5.80. The van der Waals surface area contributed by atoms with Crippen LogP contribution in [-0.4, -0.2) is 23.9 Å². The van der Waals surface area contributed by atoms with E-state index in [4.69, 9.17) is 0 Å². The average Bonchev–Trinajstić information content (AvgIpc) is 2.29. The van der Waals surface area contributed by atoms with Crippen molar-refractivity contribution in [2.75, 3.05) is 13.1 Å². The summed E-state index contributed by atoms with van der Waals surface area (Å²) in [5, 5.41) is 0. The number of hydrogen-bond acceptors (Lipinski definition) is 1. The lowest BCUT2D eigenvalue weighted by molar-refractivity contribution is -0.130. The summed E-state index contributed by atoms with van der Waals surface area (Å²) in [7, 11) is 0. The Morgan fingerprint density at radius 2 is 2.09 bits per heavy atom. The molecule has 0 aromatic carbocycles. The van der Waals surface area contributed by atoms with Crippen LogP contribution in [0.25, 0.3) is 0 Å². The first kappa shape index (κ1) is 7.14. The zero-order valence-electron chi connectivity index (χ0n) is 6.88. The monoisotopic (exact) mass is 153 g/mol. The number of nitrogens with zero attached hydrogens (tertiary/aromatic N) is 1. The molecule has 2 fully saturated rings. The fraction of sp³-hybridized carbons (Fsp3) is 0.889. The molecule has 2 bridgehead atoms. The second-order valence-electron chi connectivity index (χ2n) is 3.72. The molecule has 1 unspecified atom stereocenters. The summed E-state index contributed by atoms with van der Waals surface area (Å²) in [6.45, 7) is 2.05. The fourth-order valence-electron chi connectivity index (χ4n) is 2.19. The summed E-state index contributed by atoms with van der Waals surface area (Å²) in [5.41, 5.74) is 0. The SMILES string of the molecule is O=C1CCC2CCCN1CC2. The largest absolute Gasteiger partial charge is 0.343 e. The van der Waals surface area contributed by atoms with E-state index < -0.39 is 0 Å². The van der Waals surface area contributed by atoms with Crippen LogP contribution in [0.15, 0.2) is 0 Å². The molecule has 62 valence electrons.